The lowest BCUT2D eigenvalue weighted by Crippen LogP contribution is -2.31. The number of nitrogens with zero attached hydrogens (tertiary/aromatic N) is 1. The van der Waals surface area contributed by atoms with Crippen LogP contribution in [0.15, 0.2) is 23.1 Å². The summed E-state index contributed by atoms with van der Waals surface area (Å²) in [5.41, 5.74) is 5.88. The van der Waals surface area contributed by atoms with Crippen molar-refractivity contribution in [2.24, 2.45) is 5.92 Å². The molecule has 1 saturated heterocycles. The van der Waals surface area contributed by atoms with Crippen LogP contribution in [0, 0.1) is 5.92 Å². The maximum Gasteiger partial charge on any atom is 0.246 e. The molecule has 0 bridgehead atoms. The molecule has 1 aromatic rings. The summed E-state index contributed by atoms with van der Waals surface area (Å²) in [4.78, 5) is -0.0390. The van der Waals surface area contributed by atoms with Crippen molar-refractivity contribution in [3.63, 3.8) is 0 Å². The van der Waals surface area contributed by atoms with Crippen LogP contribution in [0.3, 0.4) is 0 Å². The number of nitrogen functional groups attached to an aromatic ring is 1. The van der Waals surface area contributed by atoms with E-state index in [1.807, 2.05) is 0 Å². The molecule has 1 aliphatic heterocycles. The molecule has 0 amide bonds. The Balaban J connectivity index is 2.34. The van der Waals surface area contributed by atoms with Gasteiger partial charge in [0.25, 0.3) is 0 Å². The molecule has 106 valence electrons. The molecule has 1 aromatic carbocycles. The van der Waals surface area contributed by atoms with E-state index in [0.717, 1.165) is 0 Å². The lowest BCUT2D eigenvalue weighted by Gasteiger charge is -2.19. The fourth-order valence-electron chi connectivity index (χ4n) is 2.29. The van der Waals surface area contributed by atoms with Crippen molar-refractivity contribution in [1.29, 1.82) is 0 Å². The van der Waals surface area contributed by atoms with Crippen molar-refractivity contribution >= 4 is 27.3 Å². The van der Waals surface area contributed by atoms with E-state index < -0.39 is 16.1 Å². The number of hydrogen-bond donors (Lipinski definition) is 2. The van der Waals surface area contributed by atoms with Gasteiger partial charge in [-0.3, -0.25) is 0 Å². The van der Waals surface area contributed by atoms with Crippen molar-refractivity contribution in [2.75, 3.05) is 18.8 Å². The average Bonchev–Trinajstić information content (AvgIpc) is 2.78. The van der Waals surface area contributed by atoms with Crippen molar-refractivity contribution in [3.05, 3.63) is 23.2 Å². The Kier molecular flexibility index (Phi) is 4.06. The second-order valence-electron chi connectivity index (χ2n) is 4.81. The third-order valence-corrected chi connectivity index (χ3v) is 5.87. The Labute approximate surface area is 118 Å². The number of halogens is 1. The molecule has 0 aromatic heterocycles. The van der Waals surface area contributed by atoms with E-state index >= 15 is 0 Å². The fourth-order valence-corrected chi connectivity index (χ4v) is 4.44. The molecular formula is C12H17ClN2O3S. The summed E-state index contributed by atoms with van der Waals surface area (Å²) in [5.74, 6) is -0.0431. The summed E-state index contributed by atoms with van der Waals surface area (Å²) in [5, 5.41) is 9.67. The highest BCUT2D eigenvalue weighted by molar-refractivity contribution is 7.89. The van der Waals surface area contributed by atoms with E-state index in [4.69, 9.17) is 17.3 Å². The Morgan fingerprint density at radius 1 is 1.53 bits per heavy atom. The quantitative estimate of drug-likeness (QED) is 0.825. The second kappa shape index (κ2) is 5.28. The van der Waals surface area contributed by atoms with E-state index in [-0.39, 0.29) is 21.5 Å². The zero-order valence-corrected chi connectivity index (χ0v) is 12.2. The minimum Gasteiger partial charge on any atom is -0.398 e. The Morgan fingerprint density at radius 3 is 2.74 bits per heavy atom. The van der Waals surface area contributed by atoms with Crippen LogP contribution in [-0.2, 0) is 10.0 Å². The number of sulfonamides is 1. The standard InChI is InChI=1S/C12H17ClN2O3S/c1-8(16)9-5-6-15(7-9)19(17,18)12-10(13)3-2-4-11(12)14/h2-4,8-9,16H,5-7,14H2,1H3. The molecule has 1 aliphatic rings. The summed E-state index contributed by atoms with van der Waals surface area (Å²) < 4.78 is 26.4. The Morgan fingerprint density at radius 2 is 2.21 bits per heavy atom. The first-order chi connectivity index (χ1) is 8.84. The normalized spacial score (nSPS) is 22.6. The van der Waals surface area contributed by atoms with Gasteiger partial charge in [0.1, 0.15) is 4.90 Å². The predicted octanol–water partition coefficient (Wildman–Crippen LogP) is 1.31. The highest BCUT2D eigenvalue weighted by Gasteiger charge is 2.36. The molecule has 1 fully saturated rings. The van der Waals surface area contributed by atoms with Crippen LogP contribution in [0.4, 0.5) is 5.69 Å². The third kappa shape index (κ3) is 2.72. The van der Waals surface area contributed by atoms with Crippen LogP contribution in [0.5, 0.6) is 0 Å². The molecule has 0 spiro atoms. The first-order valence-corrected chi connectivity index (χ1v) is 7.88. The molecule has 2 rings (SSSR count). The number of aliphatic hydroxyl groups is 1. The highest BCUT2D eigenvalue weighted by Crippen LogP contribution is 2.33. The topological polar surface area (TPSA) is 83.6 Å². The molecule has 2 unspecified atom stereocenters. The predicted molar refractivity (Wildman–Crippen MR) is 74.4 cm³/mol. The molecule has 19 heavy (non-hydrogen) atoms. The number of aliphatic hydroxyl groups excluding tert-OH is 1. The van der Waals surface area contributed by atoms with Gasteiger partial charge in [0.2, 0.25) is 10.0 Å². The van der Waals surface area contributed by atoms with E-state index in [9.17, 15) is 13.5 Å². The number of anilines is 1. The second-order valence-corrected chi connectivity index (χ2v) is 7.09. The van der Waals surface area contributed by atoms with Gasteiger partial charge in [-0.15, -0.1) is 0 Å². The first-order valence-electron chi connectivity index (χ1n) is 6.06. The Hall–Kier alpha value is -0.820. The zero-order chi connectivity index (χ0) is 14.2. The summed E-state index contributed by atoms with van der Waals surface area (Å²) in [6.07, 6.45) is 0.116. The Bertz CT molecular complexity index is 554. The maximum atomic E-state index is 12.5. The van der Waals surface area contributed by atoms with E-state index in [1.54, 1.807) is 13.0 Å². The first kappa shape index (κ1) is 14.6. The van der Waals surface area contributed by atoms with Crippen LogP contribution in [-0.4, -0.2) is 37.0 Å². The number of benzene rings is 1. The van der Waals surface area contributed by atoms with Crippen LogP contribution < -0.4 is 5.73 Å². The molecule has 3 N–H and O–H groups in total. The fraction of sp³-hybridized carbons (Fsp3) is 0.500. The third-order valence-electron chi connectivity index (χ3n) is 3.46. The zero-order valence-electron chi connectivity index (χ0n) is 10.6. The molecule has 0 saturated carbocycles. The lowest BCUT2D eigenvalue weighted by atomic mass is 10.0. The summed E-state index contributed by atoms with van der Waals surface area (Å²) in [6, 6.07) is 4.63. The van der Waals surface area contributed by atoms with E-state index in [1.165, 1.54) is 16.4 Å². The van der Waals surface area contributed by atoms with Crippen LogP contribution in [0.2, 0.25) is 5.02 Å². The summed E-state index contributed by atoms with van der Waals surface area (Å²) >= 11 is 5.96. The average molecular weight is 305 g/mol. The highest BCUT2D eigenvalue weighted by atomic mass is 35.5. The molecule has 0 radical (unpaired) electrons. The monoisotopic (exact) mass is 304 g/mol. The number of nitrogens with two attached hydrogens (primary N) is 1. The summed E-state index contributed by atoms with van der Waals surface area (Å²) in [7, 11) is -3.70. The van der Waals surface area contributed by atoms with Gasteiger partial charge in [0.05, 0.1) is 16.8 Å². The van der Waals surface area contributed by atoms with Gasteiger partial charge in [-0.05, 0) is 31.4 Å². The van der Waals surface area contributed by atoms with E-state index in [0.29, 0.717) is 19.5 Å². The van der Waals surface area contributed by atoms with Gasteiger partial charge in [0.15, 0.2) is 0 Å². The van der Waals surface area contributed by atoms with Crippen molar-refractivity contribution in [1.82, 2.24) is 4.31 Å². The number of rotatable bonds is 3. The van der Waals surface area contributed by atoms with Crippen molar-refractivity contribution in [2.45, 2.75) is 24.3 Å². The van der Waals surface area contributed by atoms with Gasteiger partial charge in [0, 0.05) is 13.1 Å². The SMILES string of the molecule is CC(O)C1CCN(S(=O)(=O)c2c(N)cccc2Cl)C1. The van der Waals surface area contributed by atoms with Crippen LogP contribution in [0.1, 0.15) is 13.3 Å². The molecular weight excluding hydrogens is 288 g/mol. The molecule has 0 aliphatic carbocycles. The van der Waals surface area contributed by atoms with Crippen molar-refractivity contribution in [3.8, 4) is 0 Å². The molecule has 1 heterocycles. The minimum atomic E-state index is -3.70. The van der Waals surface area contributed by atoms with Crippen LogP contribution in [0.25, 0.3) is 0 Å². The minimum absolute atomic E-state index is 0.0390. The molecule has 5 nitrogen and oxygen atoms in total. The van der Waals surface area contributed by atoms with Crippen LogP contribution >= 0.6 is 11.6 Å². The lowest BCUT2D eigenvalue weighted by molar-refractivity contribution is 0.133. The largest absolute Gasteiger partial charge is 0.398 e. The van der Waals surface area contributed by atoms with Gasteiger partial charge in [-0.2, -0.15) is 4.31 Å². The van der Waals surface area contributed by atoms with Crippen molar-refractivity contribution < 1.29 is 13.5 Å². The smallest absolute Gasteiger partial charge is 0.246 e. The van der Waals surface area contributed by atoms with Gasteiger partial charge in [-0.1, -0.05) is 17.7 Å². The number of hydrogen-bond acceptors (Lipinski definition) is 4. The van der Waals surface area contributed by atoms with Gasteiger partial charge < -0.3 is 10.8 Å². The molecule has 2 atom stereocenters. The maximum absolute atomic E-state index is 12.5. The van der Waals surface area contributed by atoms with Gasteiger partial charge >= 0.3 is 0 Å². The van der Waals surface area contributed by atoms with Gasteiger partial charge in [-0.25, -0.2) is 8.42 Å². The van der Waals surface area contributed by atoms with E-state index in [2.05, 4.69) is 0 Å². The molecule has 7 heteroatoms. The summed E-state index contributed by atoms with van der Waals surface area (Å²) in [6.45, 7) is 2.35.